The number of pyridine rings is 1. The van der Waals surface area contributed by atoms with Crippen molar-refractivity contribution >= 4 is 29.2 Å². The zero-order valence-corrected chi connectivity index (χ0v) is 17.7. The lowest BCUT2D eigenvalue weighted by atomic mass is 10.2. The van der Waals surface area contributed by atoms with Crippen LogP contribution < -0.4 is 10.1 Å². The van der Waals surface area contributed by atoms with Crippen molar-refractivity contribution in [2.45, 2.75) is 26.9 Å². The highest BCUT2D eigenvalue weighted by Crippen LogP contribution is 2.31. The van der Waals surface area contributed by atoms with Crippen LogP contribution in [0.4, 0.5) is 5.69 Å². The van der Waals surface area contributed by atoms with E-state index in [-0.39, 0.29) is 5.56 Å². The molecule has 0 saturated heterocycles. The van der Waals surface area contributed by atoms with Crippen molar-refractivity contribution in [2.24, 2.45) is 0 Å². The van der Waals surface area contributed by atoms with Gasteiger partial charge in [0.25, 0.3) is 5.91 Å². The molecule has 1 unspecified atom stereocenters. The summed E-state index contributed by atoms with van der Waals surface area (Å²) in [5.41, 5.74) is 2.02. The average Bonchev–Trinajstić information content (AvgIpc) is 3.12. The number of carbonyl (C=O) groups is 2. The third kappa shape index (κ3) is 4.44. The summed E-state index contributed by atoms with van der Waals surface area (Å²) in [4.78, 5) is 29.3. The van der Waals surface area contributed by atoms with Crippen LogP contribution in [0.25, 0.3) is 5.82 Å². The van der Waals surface area contributed by atoms with Crippen LogP contribution in [0.3, 0.4) is 0 Å². The second kappa shape index (κ2) is 8.96. The van der Waals surface area contributed by atoms with Gasteiger partial charge < -0.3 is 14.8 Å². The van der Waals surface area contributed by atoms with Gasteiger partial charge in [0.15, 0.2) is 11.9 Å². The van der Waals surface area contributed by atoms with E-state index in [2.05, 4.69) is 15.4 Å². The number of esters is 1. The molecule has 3 aromatic rings. The van der Waals surface area contributed by atoms with Crippen molar-refractivity contribution in [1.29, 1.82) is 0 Å². The number of carbonyl (C=O) groups excluding carboxylic acids is 2. The molecule has 1 N–H and O–H groups in total. The lowest BCUT2D eigenvalue weighted by Gasteiger charge is -2.16. The molecule has 0 aliphatic carbocycles. The van der Waals surface area contributed by atoms with Crippen molar-refractivity contribution < 1.29 is 19.1 Å². The van der Waals surface area contributed by atoms with Crippen molar-refractivity contribution in [3.05, 3.63) is 64.6 Å². The third-order valence-electron chi connectivity index (χ3n) is 4.49. The summed E-state index contributed by atoms with van der Waals surface area (Å²) in [7, 11) is 1.47. The molecule has 156 valence electrons. The maximum Gasteiger partial charge on any atom is 0.342 e. The molecule has 0 saturated carbocycles. The van der Waals surface area contributed by atoms with E-state index in [1.807, 2.05) is 13.0 Å². The molecule has 0 radical (unpaired) electrons. The normalized spacial score (nSPS) is 11.6. The van der Waals surface area contributed by atoms with Crippen molar-refractivity contribution in [2.75, 3.05) is 12.4 Å². The van der Waals surface area contributed by atoms with Crippen molar-refractivity contribution in [1.82, 2.24) is 14.8 Å². The third-order valence-corrected chi connectivity index (χ3v) is 4.89. The Balaban J connectivity index is 1.71. The number of rotatable bonds is 6. The minimum absolute atomic E-state index is 0.250. The molecule has 2 heterocycles. The first-order valence-electron chi connectivity index (χ1n) is 9.13. The van der Waals surface area contributed by atoms with Gasteiger partial charge in [-0.2, -0.15) is 5.10 Å². The number of amides is 1. The number of benzene rings is 1. The molecule has 1 amide bonds. The summed E-state index contributed by atoms with van der Waals surface area (Å²) in [5.74, 6) is -0.176. The minimum Gasteiger partial charge on any atom is -0.495 e. The quantitative estimate of drug-likeness (QED) is 0.601. The van der Waals surface area contributed by atoms with Gasteiger partial charge in [0.1, 0.15) is 11.3 Å². The number of ether oxygens (including phenoxy) is 2. The van der Waals surface area contributed by atoms with Gasteiger partial charge in [-0.05, 0) is 44.5 Å². The topological polar surface area (TPSA) is 95.3 Å². The van der Waals surface area contributed by atoms with Crippen LogP contribution in [0.2, 0.25) is 5.02 Å². The van der Waals surface area contributed by atoms with Gasteiger partial charge in [-0.3, -0.25) is 4.79 Å². The number of hydrogen-bond acceptors (Lipinski definition) is 6. The minimum atomic E-state index is -1.05. The number of aromatic nitrogens is 3. The number of aryl methyl sites for hydroxylation is 1. The highest BCUT2D eigenvalue weighted by atomic mass is 35.5. The molecular formula is C21H21ClN4O4. The van der Waals surface area contributed by atoms with Crippen LogP contribution in [0.5, 0.6) is 5.75 Å². The molecular weight excluding hydrogens is 408 g/mol. The standard InChI is InChI=1S/C21H21ClN4O4/c1-12-9-17(18(29-4)10-16(12)22)25-20(27)14(3)30-21(28)15-11-24-26(13(15)2)19-7-5-6-8-23-19/h5-11,14H,1-4H3,(H,25,27). The predicted molar refractivity (Wildman–Crippen MR) is 112 cm³/mol. The summed E-state index contributed by atoms with van der Waals surface area (Å²) in [6, 6.07) is 8.68. The first-order valence-corrected chi connectivity index (χ1v) is 9.51. The monoisotopic (exact) mass is 428 g/mol. The van der Waals surface area contributed by atoms with Crippen LogP contribution in [-0.4, -0.2) is 39.9 Å². The molecule has 2 aromatic heterocycles. The fourth-order valence-corrected chi connectivity index (χ4v) is 2.92. The molecule has 0 aliphatic heterocycles. The molecule has 8 nitrogen and oxygen atoms in total. The van der Waals surface area contributed by atoms with Crippen LogP contribution in [0, 0.1) is 13.8 Å². The molecule has 0 bridgehead atoms. The number of nitrogens with zero attached hydrogens (tertiary/aromatic N) is 3. The van der Waals surface area contributed by atoms with Gasteiger partial charge in [-0.1, -0.05) is 17.7 Å². The highest BCUT2D eigenvalue weighted by molar-refractivity contribution is 6.31. The summed E-state index contributed by atoms with van der Waals surface area (Å²) in [6.07, 6.45) is 1.98. The first-order chi connectivity index (χ1) is 14.3. The Morgan fingerprint density at radius 3 is 2.67 bits per heavy atom. The molecule has 9 heteroatoms. The predicted octanol–water partition coefficient (Wildman–Crippen LogP) is 3.73. The number of hydrogen-bond donors (Lipinski definition) is 1. The number of methoxy groups -OCH3 is 1. The maximum atomic E-state index is 12.6. The van der Waals surface area contributed by atoms with Gasteiger partial charge in [0, 0.05) is 17.3 Å². The SMILES string of the molecule is COc1cc(Cl)c(C)cc1NC(=O)C(C)OC(=O)c1cnn(-c2ccccn2)c1C. The van der Waals surface area contributed by atoms with E-state index in [1.54, 1.807) is 37.4 Å². The van der Waals surface area contributed by atoms with Gasteiger partial charge in [0.2, 0.25) is 0 Å². The van der Waals surface area contributed by atoms with Gasteiger partial charge >= 0.3 is 5.97 Å². The molecule has 3 rings (SSSR count). The van der Waals surface area contributed by atoms with Gasteiger partial charge in [-0.15, -0.1) is 0 Å². The fraction of sp³-hybridized carbons (Fsp3) is 0.238. The number of anilines is 1. The molecule has 30 heavy (non-hydrogen) atoms. The van der Waals surface area contributed by atoms with E-state index < -0.39 is 18.0 Å². The van der Waals surface area contributed by atoms with Gasteiger partial charge in [0.05, 0.1) is 24.7 Å². The fourth-order valence-electron chi connectivity index (χ4n) is 2.76. The lowest BCUT2D eigenvalue weighted by Crippen LogP contribution is -2.30. The Bertz CT molecular complexity index is 1080. The zero-order valence-electron chi connectivity index (χ0n) is 17.0. The summed E-state index contributed by atoms with van der Waals surface area (Å²) < 4.78 is 12.1. The second-order valence-electron chi connectivity index (χ2n) is 6.58. The Morgan fingerprint density at radius 2 is 2.00 bits per heavy atom. The Kier molecular flexibility index (Phi) is 6.37. The summed E-state index contributed by atoms with van der Waals surface area (Å²) >= 11 is 6.09. The maximum absolute atomic E-state index is 12.6. The zero-order chi connectivity index (χ0) is 21.8. The van der Waals surface area contributed by atoms with E-state index in [4.69, 9.17) is 21.1 Å². The Hall–Kier alpha value is -3.39. The number of nitrogens with one attached hydrogen (secondary N) is 1. The average molecular weight is 429 g/mol. The second-order valence-corrected chi connectivity index (χ2v) is 6.99. The van der Waals surface area contributed by atoms with Crippen LogP contribution in [0.15, 0.2) is 42.7 Å². The summed E-state index contributed by atoms with van der Waals surface area (Å²) in [6.45, 7) is 5.02. The molecule has 0 aliphatic rings. The first kappa shape index (κ1) is 21.3. The van der Waals surface area contributed by atoms with Crippen molar-refractivity contribution in [3.63, 3.8) is 0 Å². The van der Waals surface area contributed by atoms with Crippen LogP contribution in [0.1, 0.15) is 28.5 Å². The lowest BCUT2D eigenvalue weighted by molar-refractivity contribution is -0.123. The van der Waals surface area contributed by atoms with E-state index in [9.17, 15) is 9.59 Å². The van der Waals surface area contributed by atoms with Crippen LogP contribution in [-0.2, 0) is 9.53 Å². The van der Waals surface area contributed by atoms with Crippen LogP contribution >= 0.6 is 11.6 Å². The molecule has 0 fully saturated rings. The highest BCUT2D eigenvalue weighted by Gasteiger charge is 2.23. The molecule has 0 spiro atoms. The smallest absolute Gasteiger partial charge is 0.342 e. The molecule has 1 aromatic carbocycles. The van der Waals surface area contributed by atoms with E-state index in [0.29, 0.717) is 28.0 Å². The van der Waals surface area contributed by atoms with E-state index in [0.717, 1.165) is 5.56 Å². The Morgan fingerprint density at radius 1 is 1.23 bits per heavy atom. The van der Waals surface area contributed by atoms with E-state index >= 15 is 0 Å². The van der Waals surface area contributed by atoms with E-state index in [1.165, 1.54) is 24.9 Å². The summed E-state index contributed by atoms with van der Waals surface area (Å²) in [5, 5.41) is 7.41. The van der Waals surface area contributed by atoms with Gasteiger partial charge in [-0.25, -0.2) is 14.5 Å². The number of halogens is 1. The Labute approximate surface area is 178 Å². The van der Waals surface area contributed by atoms with Crippen molar-refractivity contribution in [3.8, 4) is 11.6 Å². The largest absolute Gasteiger partial charge is 0.495 e. The molecule has 1 atom stereocenters.